The Hall–Kier alpha value is -2.60. The largest absolute Gasteiger partial charge is 0.495 e. The number of hydrogen-bond donors (Lipinski definition) is 2. The Morgan fingerprint density at radius 2 is 1.92 bits per heavy atom. The standard InChI is InChI=1S/C18H18ClN3O3/c1-25-16-3-2-12(8-15(16)19)22-18(24)14-9-13(14)17(23)21-10-11-4-6-20-7-5-11/h2-8,13-14H,9-10H2,1H3,(H,21,23)(H,22,24). The van der Waals surface area contributed by atoms with Crippen molar-refractivity contribution in [3.8, 4) is 5.75 Å². The molecule has 1 aliphatic carbocycles. The highest BCUT2D eigenvalue weighted by Crippen LogP contribution is 2.40. The number of aromatic nitrogens is 1. The van der Waals surface area contributed by atoms with Gasteiger partial charge in [-0.2, -0.15) is 0 Å². The Labute approximate surface area is 150 Å². The van der Waals surface area contributed by atoms with Crippen LogP contribution in [0.4, 0.5) is 5.69 Å². The van der Waals surface area contributed by atoms with Gasteiger partial charge in [-0.05, 0) is 42.3 Å². The highest BCUT2D eigenvalue weighted by atomic mass is 35.5. The fourth-order valence-electron chi connectivity index (χ4n) is 2.57. The van der Waals surface area contributed by atoms with Crippen molar-refractivity contribution >= 4 is 29.1 Å². The molecule has 3 rings (SSSR count). The van der Waals surface area contributed by atoms with Crippen molar-refractivity contribution in [2.75, 3.05) is 12.4 Å². The number of carbonyl (C=O) groups excluding carboxylic acids is 2. The zero-order valence-electron chi connectivity index (χ0n) is 13.7. The molecule has 2 unspecified atom stereocenters. The molecule has 2 amide bonds. The van der Waals surface area contributed by atoms with Gasteiger partial charge in [0, 0.05) is 24.6 Å². The minimum absolute atomic E-state index is 0.107. The highest BCUT2D eigenvalue weighted by Gasteiger charge is 2.47. The fraction of sp³-hybridized carbons (Fsp3) is 0.278. The Morgan fingerprint density at radius 3 is 2.60 bits per heavy atom. The van der Waals surface area contributed by atoms with E-state index in [1.54, 1.807) is 30.6 Å². The van der Waals surface area contributed by atoms with Gasteiger partial charge in [-0.1, -0.05) is 11.6 Å². The average molecular weight is 360 g/mol. The zero-order chi connectivity index (χ0) is 17.8. The van der Waals surface area contributed by atoms with Crippen LogP contribution in [-0.2, 0) is 16.1 Å². The van der Waals surface area contributed by atoms with E-state index in [-0.39, 0.29) is 23.7 Å². The molecule has 0 spiro atoms. The molecule has 0 aliphatic heterocycles. The number of halogens is 1. The first-order valence-corrected chi connectivity index (χ1v) is 8.27. The van der Waals surface area contributed by atoms with E-state index in [0.717, 1.165) is 5.56 Å². The molecule has 25 heavy (non-hydrogen) atoms. The second-order valence-electron chi connectivity index (χ2n) is 5.86. The summed E-state index contributed by atoms with van der Waals surface area (Å²) in [6.07, 6.45) is 3.90. The van der Waals surface area contributed by atoms with E-state index in [1.165, 1.54) is 7.11 Å². The third-order valence-corrected chi connectivity index (χ3v) is 4.39. The molecule has 1 aliphatic rings. The molecular weight excluding hydrogens is 342 g/mol. The van der Waals surface area contributed by atoms with Gasteiger partial charge in [0.1, 0.15) is 5.75 Å². The molecule has 0 bridgehead atoms. The normalized spacial score (nSPS) is 18.3. The highest BCUT2D eigenvalue weighted by molar-refractivity contribution is 6.32. The molecule has 2 aromatic rings. The van der Waals surface area contributed by atoms with Gasteiger partial charge in [-0.25, -0.2) is 0 Å². The summed E-state index contributed by atoms with van der Waals surface area (Å²) in [5.41, 5.74) is 1.55. The van der Waals surface area contributed by atoms with E-state index in [4.69, 9.17) is 16.3 Å². The van der Waals surface area contributed by atoms with Crippen molar-refractivity contribution in [3.63, 3.8) is 0 Å². The van der Waals surface area contributed by atoms with E-state index in [2.05, 4.69) is 15.6 Å². The first-order chi connectivity index (χ1) is 12.1. The minimum atomic E-state index is -0.307. The Balaban J connectivity index is 1.50. The van der Waals surface area contributed by atoms with Gasteiger partial charge in [-0.3, -0.25) is 14.6 Å². The lowest BCUT2D eigenvalue weighted by molar-refractivity contribution is -0.125. The van der Waals surface area contributed by atoms with E-state index in [1.807, 2.05) is 12.1 Å². The number of methoxy groups -OCH3 is 1. The average Bonchev–Trinajstić information content (AvgIpc) is 3.42. The summed E-state index contributed by atoms with van der Waals surface area (Å²) in [6, 6.07) is 8.70. The topological polar surface area (TPSA) is 80.3 Å². The monoisotopic (exact) mass is 359 g/mol. The molecule has 1 aromatic carbocycles. The predicted molar refractivity (Wildman–Crippen MR) is 94.3 cm³/mol. The quantitative estimate of drug-likeness (QED) is 0.830. The summed E-state index contributed by atoms with van der Waals surface area (Å²) in [5.74, 6) is -0.330. The summed E-state index contributed by atoms with van der Waals surface area (Å²) >= 11 is 6.04. The maximum atomic E-state index is 12.3. The second-order valence-corrected chi connectivity index (χ2v) is 6.27. The Bertz CT molecular complexity index is 782. The number of ether oxygens (including phenoxy) is 1. The number of anilines is 1. The number of pyridine rings is 1. The number of nitrogens with zero attached hydrogens (tertiary/aromatic N) is 1. The van der Waals surface area contributed by atoms with Crippen molar-refractivity contribution in [1.29, 1.82) is 0 Å². The number of rotatable bonds is 6. The summed E-state index contributed by atoms with van der Waals surface area (Å²) < 4.78 is 5.08. The van der Waals surface area contributed by atoms with Crippen LogP contribution in [0.5, 0.6) is 5.75 Å². The molecule has 1 aromatic heterocycles. The van der Waals surface area contributed by atoms with Crippen LogP contribution in [0.1, 0.15) is 12.0 Å². The van der Waals surface area contributed by atoms with Crippen molar-refractivity contribution in [3.05, 3.63) is 53.3 Å². The van der Waals surface area contributed by atoms with Crippen LogP contribution in [0.2, 0.25) is 5.02 Å². The summed E-state index contributed by atoms with van der Waals surface area (Å²) in [4.78, 5) is 28.3. The Kier molecular flexibility index (Phi) is 5.19. The Morgan fingerprint density at radius 1 is 1.20 bits per heavy atom. The first kappa shape index (κ1) is 17.2. The zero-order valence-corrected chi connectivity index (χ0v) is 14.4. The molecule has 0 radical (unpaired) electrons. The van der Waals surface area contributed by atoms with Crippen LogP contribution in [0.25, 0.3) is 0 Å². The van der Waals surface area contributed by atoms with Crippen LogP contribution < -0.4 is 15.4 Å². The third kappa shape index (κ3) is 4.28. The fourth-order valence-corrected chi connectivity index (χ4v) is 2.83. The van der Waals surface area contributed by atoms with Crippen molar-refractivity contribution in [2.45, 2.75) is 13.0 Å². The predicted octanol–water partition coefficient (Wildman–Crippen LogP) is 2.63. The minimum Gasteiger partial charge on any atom is -0.495 e. The van der Waals surface area contributed by atoms with Crippen LogP contribution >= 0.6 is 11.6 Å². The molecule has 1 fully saturated rings. The number of nitrogens with one attached hydrogen (secondary N) is 2. The molecule has 0 saturated heterocycles. The first-order valence-electron chi connectivity index (χ1n) is 7.89. The van der Waals surface area contributed by atoms with Crippen molar-refractivity contribution < 1.29 is 14.3 Å². The molecule has 1 saturated carbocycles. The van der Waals surface area contributed by atoms with Crippen LogP contribution in [0.3, 0.4) is 0 Å². The SMILES string of the molecule is COc1ccc(NC(=O)C2CC2C(=O)NCc2ccncc2)cc1Cl. The van der Waals surface area contributed by atoms with E-state index < -0.39 is 0 Å². The lowest BCUT2D eigenvalue weighted by Gasteiger charge is -2.08. The van der Waals surface area contributed by atoms with Gasteiger partial charge in [0.25, 0.3) is 0 Å². The molecule has 2 N–H and O–H groups in total. The molecule has 2 atom stereocenters. The van der Waals surface area contributed by atoms with Crippen molar-refractivity contribution in [2.24, 2.45) is 11.8 Å². The van der Waals surface area contributed by atoms with Crippen LogP contribution in [0.15, 0.2) is 42.7 Å². The van der Waals surface area contributed by atoms with Gasteiger partial charge < -0.3 is 15.4 Å². The van der Waals surface area contributed by atoms with E-state index >= 15 is 0 Å². The smallest absolute Gasteiger partial charge is 0.228 e. The maximum absolute atomic E-state index is 12.3. The van der Waals surface area contributed by atoms with Gasteiger partial charge >= 0.3 is 0 Å². The number of benzene rings is 1. The van der Waals surface area contributed by atoms with Gasteiger partial charge in [0.15, 0.2) is 0 Å². The second kappa shape index (κ2) is 7.53. The number of hydrogen-bond acceptors (Lipinski definition) is 4. The van der Waals surface area contributed by atoms with E-state index in [9.17, 15) is 9.59 Å². The van der Waals surface area contributed by atoms with Gasteiger partial charge in [0.2, 0.25) is 11.8 Å². The molecule has 7 heteroatoms. The number of carbonyl (C=O) groups is 2. The molecule has 130 valence electrons. The lowest BCUT2D eigenvalue weighted by atomic mass is 10.2. The van der Waals surface area contributed by atoms with Gasteiger partial charge in [0.05, 0.1) is 24.0 Å². The summed E-state index contributed by atoms with van der Waals surface area (Å²) in [7, 11) is 1.53. The molecule has 6 nitrogen and oxygen atoms in total. The van der Waals surface area contributed by atoms with Crippen LogP contribution in [-0.4, -0.2) is 23.9 Å². The maximum Gasteiger partial charge on any atom is 0.228 e. The summed E-state index contributed by atoms with van der Waals surface area (Å²) in [5, 5.41) is 6.06. The third-order valence-electron chi connectivity index (χ3n) is 4.10. The van der Waals surface area contributed by atoms with Gasteiger partial charge in [-0.15, -0.1) is 0 Å². The van der Waals surface area contributed by atoms with E-state index in [0.29, 0.717) is 29.4 Å². The number of amides is 2. The summed E-state index contributed by atoms with van der Waals surface area (Å²) in [6.45, 7) is 0.431. The molecule has 1 heterocycles. The van der Waals surface area contributed by atoms with Crippen molar-refractivity contribution in [1.82, 2.24) is 10.3 Å². The van der Waals surface area contributed by atoms with Crippen LogP contribution in [0, 0.1) is 11.8 Å². The lowest BCUT2D eigenvalue weighted by Crippen LogP contribution is -2.27. The molecular formula is C18H18ClN3O3.